The second-order valence-corrected chi connectivity index (χ2v) is 5.89. The third kappa shape index (κ3) is 2.87. The van der Waals surface area contributed by atoms with Gasteiger partial charge in [0.1, 0.15) is 11.4 Å². The number of aromatic nitrogens is 3. The van der Waals surface area contributed by atoms with Gasteiger partial charge in [-0.25, -0.2) is 0 Å². The zero-order valence-electron chi connectivity index (χ0n) is 14.5. The number of hydrogen-bond donors (Lipinski definition) is 1. The monoisotopic (exact) mass is 326 g/mol. The van der Waals surface area contributed by atoms with Crippen molar-refractivity contribution in [2.24, 2.45) is 7.05 Å². The van der Waals surface area contributed by atoms with Crippen LogP contribution in [0.3, 0.4) is 0 Å². The number of nitrogens with one attached hydrogen (secondary N) is 1. The number of carbonyl (C=O) groups excluding carboxylic acids is 1. The maximum Gasteiger partial charge on any atom is 0.267 e. The molecule has 0 unspecified atom stereocenters. The molecule has 1 aromatic carbocycles. The van der Waals surface area contributed by atoms with E-state index in [2.05, 4.69) is 10.4 Å². The molecule has 6 nitrogen and oxygen atoms in total. The zero-order chi connectivity index (χ0) is 17.3. The summed E-state index contributed by atoms with van der Waals surface area (Å²) in [6.07, 6.45) is 0. The molecule has 0 aliphatic rings. The minimum absolute atomic E-state index is 0.0997. The third-order valence-electron chi connectivity index (χ3n) is 4.21. The van der Waals surface area contributed by atoms with Crippen molar-refractivity contribution in [1.29, 1.82) is 0 Å². The van der Waals surface area contributed by atoms with Crippen molar-refractivity contribution in [2.75, 3.05) is 13.7 Å². The first-order valence-corrected chi connectivity index (χ1v) is 7.93. The van der Waals surface area contributed by atoms with Crippen LogP contribution in [0.2, 0.25) is 0 Å². The average Bonchev–Trinajstić information content (AvgIpc) is 3.07. The second kappa shape index (κ2) is 6.39. The van der Waals surface area contributed by atoms with Crippen LogP contribution in [0, 0.1) is 13.8 Å². The Morgan fingerprint density at radius 1 is 1.29 bits per heavy atom. The fraction of sp³-hybridized carbons (Fsp3) is 0.333. The van der Waals surface area contributed by atoms with Crippen molar-refractivity contribution in [3.05, 3.63) is 47.4 Å². The fourth-order valence-corrected chi connectivity index (χ4v) is 3.00. The van der Waals surface area contributed by atoms with Gasteiger partial charge in [-0.15, -0.1) is 0 Å². The lowest BCUT2D eigenvalue weighted by Crippen LogP contribution is -2.29. The van der Waals surface area contributed by atoms with Crippen molar-refractivity contribution in [2.45, 2.75) is 20.4 Å². The van der Waals surface area contributed by atoms with Gasteiger partial charge in [-0.2, -0.15) is 5.10 Å². The van der Waals surface area contributed by atoms with E-state index in [4.69, 9.17) is 4.74 Å². The molecule has 126 valence electrons. The Kier molecular flexibility index (Phi) is 4.29. The van der Waals surface area contributed by atoms with Gasteiger partial charge in [0, 0.05) is 24.7 Å². The summed E-state index contributed by atoms with van der Waals surface area (Å²) in [6, 6.07) is 9.69. The predicted molar refractivity (Wildman–Crippen MR) is 93.5 cm³/mol. The Balaban J connectivity index is 1.74. The molecule has 0 saturated heterocycles. The molecule has 3 aromatic rings. The first kappa shape index (κ1) is 16.1. The lowest BCUT2D eigenvalue weighted by molar-refractivity contribution is 0.0944. The van der Waals surface area contributed by atoms with Gasteiger partial charge in [0.05, 0.1) is 24.9 Å². The number of methoxy groups -OCH3 is 1. The van der Waals surface area contributed by atoms with Crippen LogP contribution in [0.1, 0.15) is 21.9 Å². The van der Waals surface area contributed by atoms with Crippen molar-refractivity contribution < 1.29 is 9.53 Å². The van der Waals surface area contributed by atoms with E-state index < -0.39 is 0 Å². The number of benzene rings is 1. The number of carbonyl (C=O) groups is 1. The largest absolute Gasteiger partial charge is 0.496 e. The molecule has 0 radical (unpaired) electrons. The molecule has 6 heteroatoms. The first-order chi connectivity index (χ1) is 11.5. The Morgan fingerprint density at radius 3 is 2.75 bits per heavy atom. The van der Waals surface area contributed by atoms with Crippen LogP contribution in [0.4, 0.5) is 0 Å². The smallest absolute Gasteiger partial charge is 0.267 e. The van der Waals surface area contributed by atoms with Crippen LogP contribution in [-0.4, -0.2) is 33.9 Å². The summed E-state index contributed by atoms with van der Waals surface area (Å²) in [7, 11) is 3.52. The van der Waals surface area contributed by atoms with Gasteiger partial charge in [0.2, 0.25) is 0 Å². The number of ether oxygens (including phenoxy) is 1. The van der Waals surface area contributed by atoms with E-state index in [1.807, 2.05) is 60.5 Å². The average molecular weight is 326 g/mol. The summed E-state index contributed by atoms with van der Waals surface area (Å²) in [4.78, 5) is 12.5. The number of nitrogens with zero attached hydrogens (tertiary/aromatic N) is 3. The Hall–Kier alpha value is -2.76. The molecule has 0 saturated carbocycles. The lowest BCUT2D eigenvalue weighted by atomic mass is 10.2. The summed E-state index contributed by atoms with van der Waals surface area (Å²) >= 11 is 0. The molecule has 0 fully saturated rings. The van der Waals surface area contributed by atoms with Crippen molar-refractivity contribution in [3.8, 4) is 5.75 Å². The SMILES string of the molecule is COc1cccc2c1cc(C(=O)NCCn1nc(C)cc1C)n2C. The van der Waals surface area contributed by atoms with Crippen LogP contribution >= 0.6 is 0 Å². The van der Waals surface area contributed by atoms with Crippen LogP contribution < -0.4 is 10.1 Å². The molecule has 3 rings (SSSR count). The molecule has 0 spiro atoms. The summed E-state index contributed by atoms with van der Waals surface area (Å²) in [5.41, 5.74) is 3.66. The molecule has 0 atom stereocenters. The van der Waals surface area contributed by atoms with Crippen molar-refractivity contribution >= 4 is 16.8 Å². The standard InChI is InChI=1S/C18H22N4O2/c1-12-10-13(2)22(20-12)9-8-19-18(23)16-11-14-15(21(16)3)6-5-7-17(14)24-4/h5-7,10-11H,8-9H2,1-4H3,(H,19,23). The van der Waals surface area contributed by atoms with E-state index in [-0.39, 0.29) is 5.91 Å². The van der Waals surface area contributed by atoms with Crippen molar-refractivity contribution in [3.63, 3.8) is 0 Å². The maximum absolute atomic E-state index is 12.5. The van der Waals surface area contributed by atoms with Crippen molar-refractivity contribution in [1.82, 2.24) is 19.7 Å². The van der Waals surface area contributed by atoms with Crippen LogP contribution in [0.15, 0.2) is 30.3 Å². The number of rotatable bonds is 5. The molecule has 0 aliphatic carbocycles. The maximum atomic E-state index is 12.5. The van der Waals surface area contributed by atoms with E-state index in [0.717, 1.165) is 28.0 Å². The summed E-state index contributed by atoms with van der Waals surface area (Å²) in [5.74, 6) is 0.669. The van der Waals surface area contributed by atoms with Gasteiger partial charge < -0.3 is 14.6 Å². The quantitative estimate of drug-likeness (QED) is 0.783. The highest BCUT2D eigenvalue weighted by Gasteiger charge is 2.15. The molecule has 2 aromatic heterocycles. The van der Waals surface area contributed by atoms with Crippen LogP contribution in [0.25, 0.3) is 10.9 Å². The van der Waals surface area contributed by atoms with Gasteiger partial charge in [-0.1, -0.05) is 6.07 Å². The Morgan fingerprint density at radius 2 is 2.08 bits per heavy atom. The fourth-order valence-electron chi connectivity index (χ4n) is 3.00. The minimum atomic E-state index is -0.0997. The highest BCUT2D eigenvalue weighted by Crippen LogP contribution is 2.27. The number of aryl methyl sites for hydroxylation is 3. The molecular formula is C18H22N4O2. The molecule has 0 bridgehead atoms. The van der Waals surface area contributed by atoms with E-state index >= 15 is 0 Å². The lowest BCUT2D eigenvalue weighted by Gasteiger charge is -2.08. The molecule has 1 N–H and O–H groups in total. The van der Waals surface area contributed by atoms with Gasteiger partial charge in [-0.3, -0.25) is 9.48 Å². The highest BCUT2D eigenvalue weighted by atomic mass is 16.5. The molecular weight excluding hydrogens is 304 g/mol. The Labute approximate surface area is 141 Å². The first-order valence-electron chi connectivity index (χ1n) is 7.93. The number of fused-ring (bicyclic) bond motifs is 1. The third-order valence-corrected chi connectivity index (χ3v) is 4.21. The molecule has 0 aliphatic heterocycles. The van der Waals surface area contributed by atoms with Gasteiger partial charge >= 0.3 is 0 Å². The van der Waals surface area contributed by atoms with E-state index in [0.29, 0.717) is 18.8 Å². The molecule has 2 heterocycles. The number of amides is 1. The second-order valence-electron chi connectivity index (χ2n) is 5.89. The van der Waals surface area contributed by atoms with Gasteiger partial charge in [0.15, 0.2) is 0 Å². The van der Waals surface area contributed by atoms with E-state index in [9.17, 15) is 4.79 Å². The van der Waals surface area contributed by atoms with Crippen LogP contribution in [-0.2, 0) is 13.6 Å². The zero-order valence-corrected chi connectivity index (χ0v) is 14.5. The Bertz CT molecular complexity index is 892. The van der Waals surface area contributed by atoms with E-state index in [1.165, 1.54) is 0 Å². The normalized spacial score (nSPS) is 11.0. The predicted octanol–water partition coefficient (Wildman–Crippen LogP) is 2.43. The highest BCUT2D eigenvalue weighted by molar-refractivity contribution is 6.00. The topological polar surface area (TPSA) is 61.1 Å². The summed E-state index contributed by atoms with van der Waals surface area (Å²) in [5, 5.41) is 8.30. The van der Waals surface area contributed by atoms with Crippen LogP contribution in [0.5, 0.6) is 5.75 Å². The number of hydrogen-bond acceptors (Lipinski definition) is 3. The molecule has 24 heavy (non-hydrogen) atoms. The summed E-state index contributed by atoms with van der Waals surface area (Å²) in [6.45, 7) is 5.15. The van der Waals surface area contributed by atoms with Gasteiger partial charge in [0.25, 0.3) is 5.91 Å². The summed E-state index contributed by atoms with van der Waals surface area (Å²) < 4.78 is 9.16. The minimum Gasteiger partial charge on any atom is -0.496 e. The van der Waals surface area contributed by atoms with E-state index in [1.54, 1.807) is 7.11 Å². The molecule has 1 amide bonds. The van der Waals surface area contributed by atoms with Gasteiger partial charge in [-0.05, 0) is 38.1 Å².